The number of methoxy groups -OCH3 is 2. The number of hydrogen-bond acceptors (Lipinski definition) is 6. The number of likely N-dealkylation sites (N-methyl/N-ethyl adjacent to an activating group) is 1. The summed E-state index contributed by atoms with van der Waals surface area (Å²) in [5.41, 5.74) is 1.70. The maximum atomic E-state index is 13.6. The van der Waals surface area contributed by atoms with Crippen LogP contribution in [-0.4, -0.2) is 55.2 Å². The topological polar surface area (TPSA) is 71.4 Å². The number of hydrogen-bond donors (Lipinski definition) is 0. The zero-order valence-electron chi connectivity index (χ0n) is 19.0. The van der Waals surface area contributed by atoms with Crippen LogP contribution in [0.15, 0.2) is 65.1 Å². The maximum Gasteiger partial charge on any atom is 0.262 e. The Bertz CT molecular complexity index is 1230. The number of carbonyl (C=O) groups excluding carboxylic acids is 2. The predicted molar refractivity (Wildman–Crippen MR) is 128 cm³/mol. The third-order valence-corrected chi connectivity index (χ3v) is 6.48. The van der Waals surface area contributed by atoms with Gasteiger partial charge in [-0.1, -0.05) is 12.1 Å². The number of amides is 2. The van der Waals surface area contributed by atoms with Gasteiger partial charge < -0.3 is 14.4 Å². The molecule has 1 aliphatic heterocycles. The Kier molecular flexibility index (Phi) is 6.93. The lowest BCUT2D eigenvalue weighted by Gasteiger charge is -2.26. The van der Waals surface area contributed by atoms with Crippen molar-refractivity contribution in [1.29, 1.82) is 0 Å². The molecule has 7 nitrogen and oxygen atoms in total. The van der Waals surface area contributed by atoms with Crippen LogP contribution in [-0.2, 0) is 4.79 Å². The van der Waals surface area contributed by atoms with Crippen molar-refractivity contribution in [2.45, 2.75) is 12.5 Å². The van der Waals surface area contributed by atoms with Crippen molar-refractivity contribution in [1.82, 2.24) is 9.91 Å². The number of benzene rings is 2. The van der Waals surface area contributed by atoms with E-state index >= 15 is 0 Å². The standard InChI is InChI=1S/C25H24FN3O4S/c1-28(25(31)16-6-4-7-17(26)12-16)15-24(30)29-21(14-20(27-29)23-8-5-11-34-23)19-13-18(32-2)9-10-22(19)33-3/h4-13,21H,14-15H2,1-3H3/t21-/m1/s1. The lowest BCUT2D eigenvalue weighted by atomic mass is 9.99. The Morgan fingerprint density at radius 1 is 1.15 bits per heavy atom. The van der Waals surface area contributed by atoms with Crippen LogP contribution in [0.1, 0.15) is 33.3 Å². The SMILES string of the molecule is COc1ccc(OC)c([C@H]2CC(c3cccs3)=NN2C(=O)CN(C)C(=O)c2cccc(F)c2)c1. The molecule has 0 fully saturated rings. The van der Waals surface area contributed by atoms with Gasteiger partial charge >= 0.3 is 0 Å². The van der Waals surface area contributed by atoms with Gasteiger partial charge in [-0.2, -0.15) is 5.10 Å². The van der Waals surface area contributed by atoms with Gasteiger partial charge in [0.15, 0.2) is 0 Å². The predicted octanol–water partition coefficient (Wildman–Crippen LogP) is 4.35. The van der Waals surface area contributed by atoms with Gasteiger partial charge in [0.05, 0.1) is 30.9 Å². The molecule has 4 rings (SSSR count). The van der Waals surface area contributed by atoms with Crippen LogP contribution in [0.4, 0.5) is 4.39 Å². The van der Waals surface area contributed by atoms with E-state index in [2.05, 4.69) is 5.10 Å². The number of halogens is 1. The van der Waals surface area contributed by atoms with E-state index in [1.165, 1.54) is 35.2 Å². The fourth-order valence-electron chi connectivity index (χ4n) is 3.86. The molecule has 3 aromatic rings. The second-order valence-corrected chi connectivity index (χ2v) is 8.71. The van der Waals surface area contributed by atoms with Gasteiger partial charge in [-0.15, -0.1) is 11.3 Å². The second kappa shape index (κ2) is 10.0. The molecular weight excluding hydrogens is 457 g/mol. The first kappa shape index (κ1) is 23.4. The van der Waals surface area contributed by atoms with Crippen LogP contribution in [0.25, 0.3) is 0 Å². The highest BCUT2D eigenvalue weighted by molar-refractivity contribution is 7.12. The van der Waals surface area contributed by atoms with Crippen LogP contribution >= 0.6 is 11.3 Å². The minimum absolute atomic E-state index is 0.172. The van der Waals surface area contributed by atoms with Gasteiger partial charge in [-0.3, -0.25) is 9.59 Å². The summed E-state index contributed by atoms with van der Waals surface area (Å²) in [5.74, 6) is -0.0965. The molecule has 0 saturated carbocycles. The minimum atomic E-state index is -0.513. The Hall–Kier alpha value is -3.72. The Balaban J connectivity index is 1.63. The molecule has 0 aliphatic carbocycles. The first-order valence-corrected chi connectivity index (χ1v) is 11.5. The van der Waals surface area contributed by atoms with Crippen molar-refractivity contribution in [3.8, 4) is 11.5 Å². The fraction of sp³-hybridized carbons (Fsp3) is 0.240. The van der Waals surface area contributed by atoms with E-state index in [1.54, 1.807) is 37.7 Å². The Morgan fingerprint density at radius 2 is 1.97 bits per heavy atom. The molecule has 0 radical (unpaired) electrons. The van der Waals surface area contributed by atoms with Gasteiger partial charge in [0.25, 0.3) is 11.8 Å². The van der Waals surface area contributed by atoms with E-state index in [-0.39, 0.29) is 18.0 Å². The van der Waals surface area contributed by atoms with E-state index in [4.69, 9.17) is 9.47 Å². The molecule has 0 N–H and O–H groups in total. The third kappa shape index (κ3) is 4.79. The number of carbonyl (C=O) groups is 2. The van der Waals surface area contributed by atoms with Crippen molar-refractivity contribution in [2.24, 2.45) is 5.10 Å². The fourth-order valence-corrected chi connectivity index (χ4v) is 4.58. The smallest absolute Gasteiger partial charge is 0.262 e. The van der Waals surface area contributed by atoms with Crippen molar-refractivity contribution in [3.63, 3.8) is 0 Å². The molecule has 1 aliphatic rings. The zero-order valence-corrected chi connectivity index (χ0v) is 19.8. The molecule has 1 atom stereocenters. The zero-order chi connectivity index (χ0) is 24.2. The lowest BCUT2D eigenvalue weighted by molar-refractivity contribution is -0.133. The van der Waals surface area contributed by atoms with E-state index in [0.717, 1.165) is 22.2 Å². The quantitative estimate of drug-likeness (QED) is 0.503. The number of rotatable bonds is 7. The van der Waals surface area contributed by atoms with Gasteiger partial charge in [0.1, 0.15) is 23.9 Å². The summed E-state index contributed by atoms with van der Waals surface area (Å²) in [5, 5.41) is 7.99. The summed E-state index contributed by atoms with van der Waals surface area (Å²) >= 11 is 1.54. The average molecular weight is 482 g/mol. The summed E-state index contributed by atoms with van der Waals surface area (Å²) in [6.07, 6.45) is 0.483. The molecule has 34 heavy (non-hydrogen) atoms. The molecule has 0 saturated heterocycles. The summed E-state index contributed by atoms with van der Waals surface area (Å²) in [6.45, 7) is -0.223. The van der Waals surface area contributed by atoms with E-state index in [9.17, 15) is 14.0 Å². The van der Waals surface area contributed by atoms with Gasteiger partial charge in [-0.25, -0.2) is 9.40 Å². The van der Waals surface area contributed by atoms with Gasteiger partial charge in [0, 0.05) is 24.6 Å². The molecular formula is C25H24FN3O4S. The molecule has 0 unspecified atom stereocenters. The highest BCUT2D eigenvalue weighted by Crippen LogP contribution is 2.39. The number of hydrazone groups is 1. The first-order chi connectivity index (χ1) is 16.4. The van der Waals surface area contributed by atoms with Crippen molar-refractivity contribution < 1.29 is 23.5 Å². The maximum absolute atomic E-state index is 13.6. The monoisotopic (exact) mass is 481 g/mol. The largest absolute Gasteiger partial charge is 0.497 e. The number of thiophene rings is 1. The van der Waals surface area contributed by atoms with E-state index < -0.39 is 17.8 Å². The van der Waals surface area contributed by atoms with E-state index in [0.29, 0.717) is 17.9 Å². The van der Waals surface area contributed by atoms with Crippen LogP contribution in [0.3, 0.4) is 0 Å². The van der Waals surface area contributed by atoms with Crippen LogP contribution in [0, 0.1) is 5.82 Å². The average Bonchev–Trinajstić information content (AvgIpc) is 3.53. The van der Waals surface area contributed by atoms with E-state index in [1.807, 2.05) is 23.6 Å². The molecule has 176 valence electrons. The van der Waals surface area contributed by atoms with Crippen molar-refractivity contribution in [2.75, 3.05) is 27.8 Å². The Labute approximate surface area is 201 Å². The Morgan fingerprint density at radius 3 is 2.65 bits per heavy atom. The lowest BCUT2D eigenvalue weighted by Crippen LogP contribution is -2.39. The second-order valence-electron chi connectivity index (χ2n) is 7.76. The minimum Gasteiger partial charge on any atom is -0.497 e. The van der Waals surface area contributed by atoms with Crippen LogP contribution in [0.2, 0.25) is 0 Å². The molecule has 2 amide bonds. The highest BCUT2D eigenvalue weighted by atomic mass is 32.1. The molecule has 2 aromatic carbocycles. The molecule has 1 aromatic heterocycles. The molecule has 9 heteroatoms. The molecule has 2 heterocycles. The van der Waals surface area contributed by atoms with Gasteiger partial charge in [0.2, 0.25) is 0 Å². The highest BCUT2D eigenvalue weighted by Gasteiger charge is 2.36. The van der Waals surface area contributed by atoms with Crippen LogP contribution < -0.4 is 9.47 Å². The molecule has 0 spiro atoms. The summed E-state index contributed by atoms with van der Waals surface area (Å²) in [4.78, 5) is 28.4. The summed E-state index contributed by atoms with van der Waals surface area (Å²) in [6, 6.07) is 14.2. The number of ether oxygens (including phenoxy) is 2. The van der Waals surface area contributed by atoms with Crippen molar-refractivity contribution in [3.05, 3.63) is 81.8 Å². The van der Waals surface area contributed by atoms with Crippen molar-refractivity contribution >= 4 is 28.9 Å². The summed E-state index contributed by atoms with van der Waals surface area (Å²) in [7, 11) is 4.65. The summed E-state index contributed by atoms with van der Waals surface area (Å²) < 4.78 is 24.5. The van der Waals surface area contributed by atoms with Crippen LogP contribution in [0.5, 0.6) is 11.5 Å². The number of nitrogens with zero attached hydrogens (tertiary/aromatic N) is 3. The molecule has 0 bridgehead atoms. The third-order valence-electron chi connectivity index (χ3n) is 5.56. The normalized spacial score (nSPS) is 15.1. The van der Waals surface area contributed by atoms with Gasteiger partial charge in [-0.05, 0) is 47.8 Å². The first-order valence-electron chi connectivity index (χ1n) is 10.6.